The molecule has 3 aromatic heterocycles. The summed E-state index contributed by atoms with van der Waals surface area (Å²) in [6.07, 6.45) is 2.21. The lowest BCUT2D eigenvalue weighted by atomic mass is 10.0. The van der Waals surface area contributed by atoms with Crippen LogP contribution in [0.4, 0.5) is 17.1 Å². The van der Waals surface area contributed by atoms with Gasteiger partial charge in [0.2, 0.25) is 0 Å². The van der Waals surface area contributed by atoms with Gasteiger partial charge in [-0.05, 0) is 60.2 Å². The Labute approximate surface area is 268 Å². The minimum absolute atomic E-state index is 0.660. The van der Waals surface area contributed by atoms with Crippen LogP contribution in [0.3, 0.4) is 0 Å². The summed E-state index contributed by atoms with van der Waals surface area (Å²) in [5.74, 6) is 0.975. The van der Waals surface area contributed by atoms with Gasteiger partial charge in [-0.2, -0.15) is 0 Å². The molecule has 0 spiro atoms. The Morgan fingerprint density at radius 2 is 1.26 bits per heavy atom. The maximum atomic E-state index is 6.56. The lowest BCUT2D eigenvalue weighted by Crippen LogP contribution is -2.16. The number of thiophene rings is 1. The van der Waals surface area contributed by atoms with Crippen molar-refractivity contribution in [3.05, 3.63) is 150 Å². The van der Waals surface area contributed by atoms with E-state index in [-0.39, 0.29) is 0 Å². The van der Waals surface area contributed by atoms with Crippen molar-refractivity contribution in [2.24, 2.45) is 0 Å². The van der Waals surface area contributed by atoms with Crippen LogP contribution in [0.5, 0.6) is 0 Å². The van der Waals surface area contributed by atoms with Crippen molar-refractivity contribution < 1.29 is 8.83 Å². The van der Waals surface area contributed by atoms with E-state index in [1.165, 1.54) is 20.2 Å². The average molecular weight is 611 g/mol. The molecule has 1 aliphatic rings. The molecule has 1 N–H and O–H groups in total. The number of furan rings is 2. The fraction of sp³-hybridized carbons (Fsp3) is 0.0244. The summed E-state index contributed by atoms with van der Waals surface area (Å²) in [6, 6.07) is 47.2. The molecule has 0 unspecified atom stereocenters. The van der Waals surface area contributed by atoms with Crippen molar-refractivity contribution >= 4 is 93.3 Å². The molecule has 0 bridgehead atoms. The first-order valence-electron chi connectivity index (χ1n) is 15.5. The summed E-state index contributed by atoms with van der Waals surface area (Å²) in [6.45, 7) is 0.660. The number of hydrogen-bond acceptors (Lipinski definition) is 5. The third kappa shape index (κ3) is 3.85. The van der Waals surface area contributed by atoms with E-state index >= 15 is 0 Å². The second-order valence-corrected chi connectivity index (χ2v) is 12.8. The number of rotatable bonds is 4. The molecule has 218 valence electrons. The Hall–Kier alpha value is -5.78. The predicted molar refractivity (Wildman–Crippen MR) is 192 cm³/mol. The standard InChI is InChI=1S/C41H26N2O2S/c1-5-14-37-28(8-1)32-11-7-12-35(41(32)45-37)43(27-20-21-31-30-10-3-6-15-39(30)46-40(31)22-27)26-18-16-25(17-19-26)34-23-33-29-9-2-4-13-36(29)44-38(33)24-42-34/h1-23,42H,24H2. The van der Waals surface area contributed by atoms with Crippen LogP contribution >= 0.6 is 11.3 Å². The highest BCUT2D eigenvalue weighted by molar-refractivity contribution is 7.25. The molecule has 0 fully saturated rings. The zero-order chi connectivity index (χ0) is 30.2. The van der Waals surface area contributed by atoms with Gasteiger partial charge in [-0.3, -0.25) is 0 Å². The van der Waals surface area contributed by atoms with Gasteiger partial charge in [-0.25, -0.2) is 0 Å². The molecule has 4 heterocycles. The molecule has 6 aromatic carbocycles. The SMILES string of the molecule is C1=C(c2ccc(N(c3ccc4c(c3)sc3ccccc34)c3cccc4c3oc3ccccc34)cc2)NCc2oc3ccccc3c21. The number of fused-ring (bicyclic) bond motifs is 9. The van der Waals surface area contributed by atoms with Gasteiger partial charge in [-0.15, -0.1) is 11.3 Å². The molecule has 0 saturated heterocycles. The molecule has 46 heavy (non-hydrogen) atoms. The highest BCUT2D eigenvalue weighted by atomic mass is 32.1. The van der Waals surface area contributed by atoms with Gasteiger partial charge in [0.25, 0.3) is 0 Å². The second-order valence-electron chi connectivity index (χ2n) is 11.8. The van der Waals surface area contributed by atoms with Crippen LogP contribution in [-0.4, -0.2) is 0 Å². The second kappa shape index (κ2) is 9.86. The number of anilines is 3. The van der Waals surface area contributed by atoms with Gasteiger partial charge in [0.05, 0.1) is 12.2 Å². The molecule has 10 rings (SSSR count). The minimum Gasteiger partial charge on any atom is -0.459 e. The lowest BCUT2D eigenvalue weighted by molar-refractivity contribution is 0.535. The molecule has 0 radical (unpaired) electrons. The quantitative estimate of drug-likeness (QED) is 0.215. The average Bonchev–Trinajstić information content (AvgIpc) is 3.80. The largest absolute Gasteiger partial charge is 0.459 e. The molecular weight excluding hydrogens is 585 g/mol. The van der Waals surface area contributed by atoms with Gasteiger partial charge >= 0.3 is 0 Å². The first-order chi connectivity index (χ1) is 22.8. The molecule has 0 atom stereocenters. The fourth-order valence-corrected chi connectivity index (χ4v) is 8.08. The number of nitrogens with one attached hydrogen (secondary N) is 1. The highest BCUT2D eigenvalue weighted by Gasteiger charge is 2.22. The lowest BCUT2D eigenvalue weighted by Gasteiger charge is -2.26. The van der Waals surface area contributed by atoms with Gasteiger partial charge in [0, 0.05) is 59.0 Å². The van der Waals surface area contributed by atoms with Crippen LogP contribution < -0.4 is 10.2 Å². The van der Waals surface area contributed by atoms with Crippen LogP contribution in [-0.2, 0) is 6.54 Å². The smallest absolute Gasteiger partial charge is 0.159 e. The van der Waals surface area contributed by atoms with Crippen molar-refractivity contribution in [3.8, 4) is 0 Å². The molecule has 0 amide bonds. The maximum absolute atomic E-state index is 6.56. The first kappa shape index (κ1) is 25.5. The van der Waals surface area contributed by atoms with Crippen LogP contribution in [0.2, 0.25) is 0 Å². The zero-order valence-electron chi connectivity index (χ0n) is 24.7. The number of nitrogens with zero attached hydrogens (tertiary/aromatic N) is 1. The molecule has 9 aromatic rings. The van der Waals surface area contributed by atoms with Crippen molar-refractivity contribution in [2.75, 3.05) is 4.90 Å². The van der Waals surface area contributed by atoms with E-state index in [9.17, 15) is 0 Å². The Bertz CT molecular complexity index is 2660. The van der Waals surface area contributed by atoms with E-state index in [4.69, 9.17) is 8.83 Å². The van der Waals surface area contributed by atoms with Crippen molar-refractivity contribution in [2.45, 2.75) is 6.54 Å². The monoisotopic (exact) mass is 610 g/mol. The minimum atomic E-state index is 0.660. The number of hydrogen-bond donors (Lipinski definition) is 1. The van der Waals surface area contributed by atoms with Crippen molar-refractivity contribution in [1.29, 1.82) is 0 Å². The third-order valence-electron chi connectivity index (χ3n) is 9.12. The fourth-order valence-electron chi connectivity index (χ4n) is 6.94. The van der Waals surface area contributed by atoms with Crippen LogP contribution in [0.1, 0.15) is 16.9 Å². The van der Waals surface area contributed by atoms with Crippen LogP contribution in [0.25, 0.3) is 64.9 Å². The van der Waals surface area contributed by atoms with Crippen molar-refractivity contribution in [3.63, 3.8) is 0 Å². The van der Waals surface area contributed by atoms with E-state index in [2.05, 4.69) is 125 Å². The molecule has 1 aliphatic heterocycles. The summed E-state index contributed by atoms with van der Waals surface area (Å²) in [7, 11) is 0. The normalized spacial score (nSPS) is 13.0. The van der Waals surface area contributed by atoms with E-state index in [1.807, 2.05) is 35.6 Å². The van der Waals surface area contributed by atoms with E-state index in [0.29, 0.717) is 6.54 Å². The summed E-state index contributed by atoms with van der Waals surface area (Å²) in [5, 5.41) is 9.53. The Kier molecular flexibility index (Phi) is 5.47. The Balaban J connectivity index is 1.13. The molecule has 0 saturated carbocycles. The summed E-state index contributed by atoms with van der Waals surface area (Å²) < 4.78 is 15.2. The van der Waals surface area contributed by atoms with E-state index < -0.39 is 0 Å². The zero-order valence-corrected chi connectivity index (χ0v) is 25.5. The van der Waals surface area contributed by atoms with Crippen molar-refractivity contribution in [1.82, 2.24) is 5.32 Å². The van der Waals surface area contributed by atoms with Crippen LogP contribution in [0.15, 0.2) is 142 Å². The van der Waals surface area contributed by atoms with Crippen LogP contribution in [0, 0.1) is 0 Å². The Morgan fingerprint density at radius 1 is 0.565 bits per heavy atom. The first-order valence-corrected chi connectivity index (χ1v) is 16.3. The van der Waals surface area contributed by atoms with Gasteiger partial charge in [0.15, 0.2) is 5.58 Å². The van der Waals surface area contributed by atoms with Gasteiger partial charge in [-0.1, -0.05) is 84.9 Å². The van der Waals surface area contributed by atoms with E-state index in [0.717, 1.165) is 72.6 Å². The summed E-state index contributed by atoms with van der Waals surface area (Å²) in [4.78, 5) is 2.32. The van der Waals surface area contributed by atoms with E-state index in [1.54, 1.807) is 0 Å². The molecule has 4 nitrogen and oxygen atoms in total. The number of benzene rings is 6. The molecular formula is C41H26N2O2S. The predicted octanol–water partition coefficient (Wildman–Crippen LogP) is 11.8. The topological polar surface area (TPSA) is 41.6 Å². The molecule has 0 aliphatic carbocycles. The highest BCUT2D eigenvalue weighted by Crippen LogP contribution is 2.44. The third-order valence-corrected chi connectivity index (χ3v) is 10.3. The number of para-hydroxylation sites is 3. The van der Waals surface area contributed by atoms with Gasteiger partial charge < -0.3 is 19.1 Å². The van der Waals surface area contributed by atoms with Gasteiger partial charge in [0.1, 0.15) is 16.9 Å². The summed E-state index contributed by atoms with van der Waals surface area (Å²) in [5.41, 5.74) is 9.21. The summed E-state index contributed by atoms with van der Waals surface area (Å²) >= 11 is 1.83. The Morgan fingerprint density at radius 3 is 2.13 bits per heavy atom. The molecule has 5 heteroatoms. The maximum Gasteiger partial charge on any atom is 0.159 e.